The summed E-state index contributed by atoms with van der Waals surface area (Å²) in [6.45, 7) is 5.74. The summed E-state index contributed by atoms with van der Waals surface area (Å²) < 4.78 is 5.35. The summed E-state index contributed by atoms with van der Waals surface area (Å²) >= 11 is 0. The Morgan fingerprint density at radius 1 is 1.44 bits per heavy atom. The van der Waals surface area contributed by atoms with E-state index in [1.807, 2.05) is 0 Å². The number of aryl methyl sites for hydroxylation is 2. The summed E-state index contributed by atoms with van der Waals surface area (Å²) in [4.78, 5) is 29.4. The Kier molecular flexibility index (Phi) is 3.50. The van der Waals surface area contributed by atoms with E-state index in [9.17, 15) is 9.59 Å². The van der Waals surface area contributed by atoms with Crippen LogP contribution in [-0.2, 0) is 4.79 Å². The largest absolute Gasteiger partial charge is 0.436 e. The number of Topliss-reactive ketones (excluding diaryl/α,β-unsaturated/α-hetero) is 1. The van der Waals surface area contributed by atoms with Crippen molar-refractivity contribution in [1.29, 1.82) is 0 Å². The van der Waals surface area contributed by atoms with Gasteiger partial charge < -0.3 is 9.32 Å². The molecule has 0 N–H and O–H groups in total. The van der Waals surface area contributed by atoms with Crippen LogP contribution in [0.25, 0.3) is 0 Å². The summed E-state index contributed by atoms with van der Waals surface area (Å²) in [5.74, 6) is 0.781. The first-order chi connectivity index (χ1) is 8.49. The molecular formula is C13H18N2O3. The van der Waals surface area contributed by atoms with Crippen LogP contribution in [0.15, 0.2) is 4.42 Å². The van der Waals surface area contributed by atoms with Gasteiger partial charge in [0.2, 0.25) is 5.76 Å². The quantitative estimate of drug-likeness (QED) is 0.821. The van der Waals surface area contributed by atoms with Gasteiger partial charge in [0.15, 0.2) is 5.89 Å². The lowest BCUT2D eigenvalue weighted by atomic mass is 10.1. The van der Waals surface area contributed by atoms with Gasteiger partial charge in [-0.3, -0.25) is 9.59 Å². The van der Waals surface area contributed by atoms with Crippen LogP contribution < -0.4 is 0 Å². The number of carbonyl (C=O) groups is 2. The van der Waals surface area contributed by atoms with Crippen molar-refractivity contribution in [3.8, 4) is 0 Å². The van der Waals surface area contributed by atoms with Gasteiger partial charge in [-0.15, -0.1) is 0 Å². The number of aromatic nitrogens is 1. The summed E-state index contributed by atoms with van der Waals surface area (Å²) in [7, 11) is 0. The normalized spacial score (nSPS) is 19.3. The molecule has 1 aromatic heterocycles. The summed E-state index contributed by atoms with van der Waals surface area (Å²) in [5.41, 5.74) is 0.617. The van der Waals surface area contributed by atoms with Crippen molar-refractivity contribution < 1.29 is 14.0 Å². The van der Waals surface area contributed by atoms with Crippen LogP contribution in [0.3, 0.4) is 0 Å². The molecule has 1 amide bonds. The Morgan fingerprint density at radius 3 is 2.72 bits per heavy atom. The Hall–Kier alpha value is -1.65. The molecule has 5 nitrogen and oxygen atoms in total. The van der Waals surface area contributed by atoms with Crippen LogP contribution in [0.1, 0.15) is 48.3 Å². The van der Waals surface area contributed by atoms with E-state index >= 15 is 0 Å². The van der Waals surface area contributed by atoms with E-state index in [1.54, 1.807) is 25.7 Å². The second-order valence-electron chi connectivity index (χ2n) is 4.85. The second-order valence-corrected chi connectivity index (χ2v) is 4.85. The van der Waals surface area contributed by atoms with Crippen molar-refractivity contribution in [1.82, 2.24) is 9.88 Å². The van der Waals surface area contributed by atoms with Crippen molar-refractivity contribution in [3.63, 3.8) is 0 Å². The second kappa shape index (κ2) is 4.92. The number of nitrogens with zero attached hydrogens (tertiary/aromatic N) is 2. The Bertz CT molecular complexity index is 479. The van der Waals surface area contributed by atoms with Gasteiger partial charge in [-0.2, -0.15) is 0 Å². The van der Waals surface area contributed by atoms with Crippen LogP contribution in [0, 0.1) is 13.8 Å². The highest BCUT2D eigenvalue weighted by atomic mass is 16.4. The fourth-order valence-corrected chi connectivity index (χ4v) is 2.51. The number of carbonyl (C=O) groups excluding carboxylic acids is 2. The molecule has 1 aliphatic heterocycles. The molecule has 0 saturated carbocycles. The van der Waals surface area contributed by atoms with E-state index in [2.05, 4.69) is 4.98 Å². The Balaban J connectivity index is 2.17. The predicted octanol–water partition coefficient (Wildman–Crippen LogP) is 1.88. The molecule has 98 valence electrons. The minimum Gasteiger partial charge on any atom is -0.436 e. The molecule has 18 heavy (non-hydrogen) atoms. The topological polar surface area (TPSA) is 63.4 Å². The first-order valence-electron chi connectivity index (χ1n) is 6.23. The highest BCUT2D eigenvalue weighted by Gasteiger charge is 2.32. The fourth-order valence-electron chi connectivity index (χ4n) is 2.51. The number of rotatable bonds is 3. The lowest BCUT2D eigenvalue weighted by Gasteiger charge is -2.22. The van der Waals surface area contributed by atoms with Gasteiger partial charge in [-0.1, -0.05) is 0 Å². The molecular weight excluding hydrogens is 232 g/mol. The highest BCUT2D eigenvalue weighted by Crippen LogP contribution is 2.24. The zero-order chi connectivity index (χ0) is 13.3. The molecule has 1 aromatic rings. The Morgan fingerprint density at radius 2 is 2.17 bits per heavy atom. The van der Waals surface area contributed by atoms with Crippen LogP contribution >= 0.6 is 0 Å². The number of ketones is 1. The third-order valence-corrected chi connectivity index (χ3v) is 3.26. The summed E-state index contributed by atoms with van der Waals surface area (Å²) in [6, 6.07) is 0.0137. The predicted molar refractivity (Wildman–Crippen MR) is 65.3 cm³/mol. The Labute approximate surface area is 106 Å². The van der Waals surface area contributed by atoms with Crippen LogP contribution in [0.5, 0.6) is 0 Å². The van der Waals surface area contributed by atoms with Gasteiger partial charge in [0.1, 0.15) is 5.78 Å². The van der Waals surface area contributed by atoms with Crippen molar-refractivity contribution in [3.05, 3.63) is 17.3 Å². The minimum atomic E-state index is -0.142. The summed E-state index contributed by atoms with van der Waals surface area (Å²) in [6.07, 6.45) is 2.26. The SMILES string of the molecule is CC(=O)CC1CCCN1C(=O)c1oc(C)nc1C. The zero-order valence-electron chi connectivity index (χ0n) is 11.0. The van der Waals surface area contributed by atoms with Gasteiger partial charge in [0.25, 0.3) is 5.91 Å². The van der Waals surface area contributed by atoms with Crippen molar-refractivity contribution >= 4 is 11.7 Å². The third kappa shape index (κ3) is 2.44. The van der Waals surface area contributed by atoms with Crippen molar-refractivity contribution in [2.45, 2.75) is 46.1 Å². The van der Waals surface area contributed by atoms with Gasteiger partial charge >= 0.3 is 0 Å². The molecule has 2 heterocycles. The lowest BCUT2D eigenvalue weighted by Crippen LogP contribution is -2.36. The maximum Gasteiger partial charge on any atom is 0.291 e. The maximum atomic E-state index is 12.4. The molecule has 1 unspecified atom stereocenters. The first-order valence-corrected chi connectivity index (χ1v) is 6.23. The van der Waals surface area contributed by atoms with Gasteiger partial charge in [0, 0.05) is 25.9 Å². The monoisotopic (exact) mass is 250 g/mol. The number of hydrogen-bond donors (Lipinski definition) is 0. The molecule has 1 atom stereocenters. The highest BCUT2D eigenvalue weighted by molar-refractivity contribution is 5.93. The number of amides is 1. The average Bonchev–Trinajstić information content (AvgIpc) is 2.83. The molecule has 0 radical (unpaired) electrons. The molecule has 0 bridgehead atoms. The van der Waals surface area contributed by atoms with E-state index in [4.69, 9.17) is 4.42 Å². The maximum absolute atomic E-state index is 12.4. The molecule has 0 aromatic carbocycles. The number of likely N-dealkylation sites (tertiary alicyclic amines) is 1. The van der Waals surface area contributed by atoms with Gasteiger partial charge in [-0.05, 0) is 26.7 Å². The standard InChI is InChI=1S/C13H18N2O3/c1-8(16)7-11-5-4-6-15(11)13(17)12-9(2)14-10(3)18-12/h11H,4-7H2,1-3H3. The molecule has 5 heteroatoms. The molecule has 1 fully saturated rings. The van der Waals surface area contributed by atoms with Gasteiger partial charge in [0.05, 0.1) is 5.69 Å². The minimum absolute atomic E-state index is 0.0137. The van der Waals surface area contributed by atoms with E-state index in [1.165, 1.54) is 0 Å². The third-order valence-electron chi connectivity index (χ3n) is 3.26. The molecule has 2 rings (SSSR count). The van der Waals surface area contributed by atoms with E-state index in [-0.39, 0.29) is 17.7 Å². The van der Waals surface area contributed by atoms with E-state index < -0.39 is 0 Å². The van der Waals surface area contributed by atoms with Gasteiger partial charge in [-0.25, -0.2) is 4.98 Å². The van der Waals surface area contributed by atoms with Crippen LogP contribution in [0.4, 0.5) is 0 Å². The van der Waals surface area contributed by atoms with Crippen LogP contribution in [0.2, 0.25) is 0 Å². The summed E-state index contributed by atoms with van der Waals surface area (Å²) in [5, 5.41) is 0. The lowest BCUT2D eigenvalue weighted by molar-refractivity contribution is -0.117. The fraction of sp³-hybridized carbons (Fsp3) is 0.615. The number of hydrogen-bond acceptors (Lipinski definition) is 4. The zero-order valence-corrected chi connectivity index (χ0v) is 11.0. The molecule has 1 aliphatic rings. The molecule has 0 spiro atoms. The first kappa shape index (κ1) is 12.8. The molecule has 0 aliphatic carbocycles. The average molecular weight is 250 g/mol. The van der Waals surface area contributed by atoms with Crippen molar-refractivity contribution in [2.24, 2.45) is 0 Å². The number of oxazole rings is 1. The van der Waals surface area contributed by atoms with Crippen LogP contribution in [-0.4, -0.2) is 34.2 Å². The van der Waals surface area contributed by atoms with Crippen molar-refractivity contribution in [2.75, 3.05) is 6.54 Å². The molecule has 1 saturated heterocycles. The van der Waals surface area contributed by atoms with E-state index in [0.717, 1.165) is 12.8 Å². The van der Waals surface area contributed by atoms with E-state index in [0.29, 0.717) is 30.3 Å². The smallest absolute Gasteiger partial charge is 0.291 e.